The molecule has 1 unspecified atom stereocenters. The van der Waals surface area contributed by atoms with E-state index in [2.05, 4.69) is 0 Å². The molecule has 0 heterocycles. The number of carboxylic acid groups (broad SMARTS) is 1. The van der Waals surface area contributed by atoms with Crippen LogP contribution >= 0.6 is 0 Å². The second-order valence-electron chi connectivity index (χ2n) is 4.35. The second kappa shape index (κ2) is 5.51. The number of rotatable bonds is 5. The standard InChI is InChI=1S/C11H15NO6S2/c1-19(15,16)9-5-3-4-7(8(6-12)11(13)14)10(9)20(2,17)18/h3-5,8H,6,12H2,1-2H3,(H,13,14). The van der Waals surface area contributed by atoms with Gasteiger partial charge in [-0.2, -0.15) is 0 Å². The molecule has 0 aliphatic rings. The first kappa shape index (κ1) is 16.6. The minimum Gasteiger partial charge on any atom is -0.481 e. The summed E-state index contributed by atoms with van der Waals surface area (Å²) in [4.78, 5) is 10.2. The van der Waals surface area contributed by atoms with Gasteiger partial charge in [-0.25, -0.2) is 16.8 Å². The van der Waals surface area contributed by atoms with E-state index in [1.165, 1.54) is 12.1 Å². The summed E-state index contributed by atoms with van der Waals surface area (Å²) in [5.74, 6) is -2.61. The number of aliphatic carboxylic acids is 1. The topological polar surface area (TPSA) is 132 Å². The summed E-state index contributed by atoms with van der Waals surface area (Å²) in [5, 5.41) is 9.09. The molecular weight excluding hydrogens is 306 g/mol. The highest BCUT2D eigenvalue weighted by Crippen LogP contribution is 2.30. The van der Waals surface area contributed by atoms with Crippen molar-refractivity contribution < 1.29 is 26.7 Å². The number of nitrogens with two attached hydrogens (primary N) is 1. The summed E-state index contributed by atoms with van der Waals surface area (Å²) in [6, 6.07) is 3.69. The molecule has 0 amide bonds. The Kier molecular flexibility index (Phi) is 4.57. The van der Waals surface area contributed by atoms with Gasteiger partial charge in [0.15, 0.2) is 19.7 Å². The predicted octanol–water partition coefficient (Wildman–Crippen LogP) is -0.379. The molecular formula is C11H15NO6S2. The minimum absolute atomic E-state index is 0.120. The van der Waals surface area contributed by atoms with Crippen molar-refractivity contribution in [2.45, 2.75) is 15.7 Å². The van der Waals surface area contributed by atoms with Gasteiger partial charge < -0.3 is 10.8 Å². The van der Waals surface area contributed by atoms with E-state index in [4.69, 9.17) is 10.8 Å². The first-order valence-electron chi connectivity index (χ1n) is 5.46. The van der Waals surface area contributed by atoms with Gasteiger partial charge in [-0.05, 0) is 11.6 Å². The van der Waals surface area contributed by atoms with Crippen LogP contribution in [0.15, 0.2) is 28.0 Å². The van der Waals surface area contributed by atoms with E-state index in [0.29, 0.717) is 0 Å². The van der Waals surface area contributed by atoms with Crippen molar-refractivity contribution in [1.82, 2.24) is 0 Å². The highest BCUT2D eigenvalue weighted by molar-refractivity contribution is 7.93. The fourth-order valence-electron chi connectivity index (χ4n) is 1.86. The largest absolute Gasteiger partial charge is 0.481 e. The van der Waals surface area contributed by atoms with Crippen LogP contribution in [0.4, 0.5) is 0 Å². The van der Waals surface area contributed by atoms with Gasteiger partial charge in [0.05, 0.1) is 15.7 Å². The lowest BCUT2D eigenvalue weighted by Crippen LogP contribution is -2.24. The number of sulfone groups is 2. The Hall–Kier alpha value is -1.45. The quantitative estimate of drug-likeness (QED) is 0.755. The molecule has 1 rings (SSSR count). The van der Waals surface area contributed by atoms with Gasteiger partial charge in [0.1, 0.15) is 0 Å². The van der Waals surface area contributed by atoms with Gasteiger partial charge in [0.25, 0.3) is 0 Å². The molecule has 0 bridgehead atoms. The summed E-state index contributed by atoms with van der Waals surface area (Å²) >= 11 is 0. The molecule has 1 atom stereocenters. The second-order valence-corrected chi connectivity index (χ2v) is 8.28. The number of carboxylic acids is 1. The molecule has 1 aromatic carbocycles. The van der Waals surface area contributed by atoms with Crippen molar-refractivity contribution in [2.24, 2.45) is 5.73 Å². The highest BCUT2D eigenvalue weighted by Gasteiger charge is 2.30. The van der Waals surface area contributed by atoms with Crippen LogP contribution in [-0.2, 0) is 24.5 Å². The van der Waals surface area contributed by atoms with Crippen molar-refractivity contribution >= 4 is 25.6 Å². The van der Waals surface area contributed by atoms with E-state index >= 15 is 0 Å². The van der Waals surface area contributed by atoms with Gasteiger partial charge in [-0.15, -0.1) is 0 Å². The fourth-order valence-corrected chi connectivity index (χ4v) is 4.62. The normalized spacial score (nSPS) is 13.9. The maximum atomic E-state index is 11.9. The summed E-state index contributed by atoms with van der Waals surface area (Å²) in [7, 11) is -7.75. The van der Waals surface area contributed by atoms with Crippen molar-refractivity contribution in [3.8, 4) is 0 Å². The molecule has 0 saturated carbocycles. The fraction of sp³-hybridized carbons (Fsp3) is 0.364. The van der Waals surface area contributed by atoms with Crippen molar-refractivity contribution in [3.63, 3.8) is 0 Å². The van der Waals surface area contributed by atoms with Crippen LogP contribution < -0.4 is 5.73 Å². The summed E-state index contributed by atoms with van der Waals surface area (Å²) < 4.78 is 47.1. The van der Waals surface area contributed by atoms with Crippen LogP contribution in [0.25, 0.3) is 0 Å². The molecule has 0 aromatic heterocycles. The van der Waals surface area contributed by atoms with E-state index < -0.39 is 41.4 Å². The van der Waals surface area contributed by atoms with Crippen LogP contribution in [0.5, 0.6) is 0 Å². The molecule has 7 nitrogen and oxygen atoms in total. The lowest BCUT2D eigenvalue weighted by Gasteiger charge is -2.16. The molecule has 3 N–H and O–H groups in total. The zero-order chi connectivity index (χ0) is 15.7. The third-order valence-corrected chi connectivity index (χ3v) is 5.15. The smallest absolute Gasteiger partial charge is 0.312 e. The van der Waals surface area contributed by atoms with E-state index in [-0.39, 0.29) is 12.1 Å². The van der Waals surface area contributed by atoms with Crippen LogP contribution in [0, 0.1) is 0 Å². The molecule has 0 aliphatic heterocycles. The Bertz CT molecular complexity index is 736. The van der Waals surface area contributed by atoms with E-state index in [1.807, 2.05) is 0 Å². The van der Waals surface area contributed by atoms with Gasteiger partial charge in [-0.3, -0.25) is 4.79 Å². The Balaban J connectivity index is 3.85. The first-order valence-corrected chi connectivity index (χ1v) is 9.24. The van der Waals surface area contributed by atoms with Crippen molar-refractivity contribution in [3.05, 3.63) is 23.8 Å². The van der Waals surface area contributed by atoms with Crippen molar-refractivity contribution in [1.29, 1.82) is 0 Å². The molecule has 20 heavy (non-hydrogen) atoms. The van der Waals surface area contributed by atoms with Crippen LogP contribution in [0.2, 0.25) is 0 Å². The predicted molar refractivity (Wildman–Crippen MR) is 72.1 cm³/mol. The van der Waals surface area contributed by atoms with E-state index in [0.717, 1.165) is 18.6 Å². The Morgan fingerprint density at radius 1 is 1.20 bits per heavy atom. The number of benzene rings is 1. The molecule has 0 aliphatic carbocycles. The number of carbonyl (C=O) groups is 1. The lowest BCUT2D eigenvalue weighted by atomic mass is 9.99. The Morgan fingerprint density at radius 3 is 2.10 bits per heavy atom. The van der Waals surface area contributed by atoms with Crippen LogP contribution in [-0.4, -0.2) is 47.0 Å². The van der Waals surface area contributed by atoms with E-state index in [9.17, 15) is 21.6 Å². The molecule has 9 heteroatoms. The third-order valence-electron chi connectivity index (χ3n) is 2.69. The molecule has 0 saturated heterocycles. The van der Waals surface area contributed by atoms with Gasteiger partial charge >= 0.3 is 5.97 Å². The van der Waals surface area contributed by atoms with Crippen LogP contribution in [0.3, 0.4) is 0 Å². The average molecular weight is 321 g/mol. The third kappa shape index (κ3) is 3.35. The maximum absolute atomic E-state index is 11.9. The average Bonchev–Trinajstić information content (AvgIpc) is 2.26. The van der Waals surface area contributed by atoms with Crippen molar-refractivity contribution in [2.75, 3.05) is 19.1 Å². The van der Waals surface area contributed by atoms with Gasteiger partial charge in [0.2, 0.25) is 0 Å². The number of hydrogen-bond donors (Lipinski definition) is 2. The first-order chi connectivity index (χ1) is 9.00. The molecule has 0 spiro atoms. The lowest BCUT2D eigenvalue weighted by molar-refractivity contribution is -0.138. The van der Waals surface area contributed by atoms with Crippen LogP contribution in [0.1, 0.15) is 11.5 Å². The van der Waals surface area contributed by atoms with Gasteiger partial charge in [-0.1, -0.05) is 12.1 Å². The van der Waals surface area contributed by atoms with Gasteiger partial charge in [0, 0.05) is 19.1 Å². The molecule has 0 fully saturated rings. The summed E-state index contributed by atoms with van der Waals surface area (Å²) in [6.45, 7) is -0.342. The zero-order valence-corrected chi connectivity index (χ0v) is 12.5. The molecule has 0 radical (unpaired) electrons. The minimum atomic E-state index is -3.93. The number of hydrogen-bond acceptors (Lipinski definition) is 6. The Morgan fingerprint density at radius 2 is 1.75 bits per heavy atom. The van der Waals surface area contributed by atoms with E-state index in [1.54, 1.807) is 0 Å². The summed E-state index contributed by atoms with van der Waals surface area (Å²) in [5.41, 5.74) is 5.23. The monoisotopic (exact) mass is 321 g/mol. The molecule has 112 valence electrons. The summed E-state index contributed by atoms with van der Waals surface area (Å²) in [6.07, 6.45) is 1.69. The SMILES string of the molecule is CS(=O)(=O)c1cccc(C(CN)C(=O)O)c1S(C)(=O)=O. The molecule has 1 aromatic rings. The highest BCUT2D eigenvalue weighted by atomic mass is 32.2. The zero-order valence-electron chi connectivity index (χ0n) is 10.9. The maximum Gasteiger partial charge on any atom is 0.312 e. The Labute approximate surface area is 117 Å².